The average molecular weight is 367 g/mol. The summed E-state index contributed by atoms with van der Waals surface area (Å²) < 4.78 is 10.8. The summed E-state index contributed by atoms with van der Waals surface area (Å²) in [6.45, 7) is 5.28. The molecule has 6 nitrogen and oxygen atoms in total. The summed E-state index contributed by atoms with van der Waals surface area (Å²) in [7, 11) is 1.29. The Morgan fingerprint density at radius 3 is 2.65 bits per heavy atom. The Bertz CT molecular complexity index is 409. The number of carbonyl (C=O) groups is 2. The van der Waals surface area contributed by atoms with Crippen molar-refractivity contribution in [1.29, 1.82) is 0 Å². The van der Waals surface area contributed by atoms with E-state index in [-0.39, 0.29) is 5.37 Å². The van der Waals surface area contributed by atoms with Crippen LogP contribution in [0, 0.1) is 0 Å². The SMILES string of the molecule is COC(=O)C(CC1NC=C(Br)S1)NC(=O)OC(C)(C)C. The molecule has 0 spiro atoms. The molecular weight excluding hydrogens is 348 g/mol. The molecule has 2 N–H and O–H groups in total. The van der Waals surface area contributed by atoms with Crippen molar-refractivity contribution in [2.45, 2.75) is 44.2 Å². The average Bonchev–Trinajstić information content (AvgIpc) is 2.70. The molecule has 1 rings (SSSR count). The second kappa shape index (κ2) is 7.21. The van der Waals surface area contributed by atoms with Crippen molar-refractivity contribution in [3.63, 3.8) is 0 Å². The van der Waals surface area contributed by atoms with Crippen LogP contribution >= 0.6 is 27.7 Å². The second-order valence-corrected chi connectivity index (χ2v) is 7.80. The zero-order chi connectivity index (χ0) is 15.3. The Morgan fingerprint density at radius 1 is 1.55 bits per heavy atom. The van der Waals surface area contributed by atoms with E-state index in [1.165, 1.54) is 18.9 Å². The summed E-state index contributed by atoms with van der Waals surface area (Å²) in [5.41, 5.74) is -0.615. The molecule has 0 fully saturated rings. The van der Waals surface area contributed by atoms with Crippen LogP contribution in [0.25, 0.3) is 0 Å². The van der Waals surface area contributed by atoms with E-state index in [0.29, 0.717) is 6.42 Å². The van der Waals surface area contributed by atoms with Gasteiger partial charge in [0.1, 0.15) is 11.6 Å². The van der Waals surface area contributed by atoms with Gasteiger partial charge >= 0.3 is 12.1 Å². The van der Waals surface area contributed by atoms with Gasteiger partial charge in [-0.3, -0.25) is 0 Å². The van der Waals surface area contributed by atoms with E-state index in [0.717, 1.165) is 3.81 Å². The van der Waals surface area contributed by atoms with Crippen molar-refractivity contribution in [1.82, 2.24) is 10.6 Å². The first-order valence-electron chi connectivity index (χ1n) is 6.07. The van der Waals surface area contributed by atoms with Crippen LogP contribution in [0.15, 0.2) is 10.0 Å². The molecule has 1 aliphatic heterocycles. The van der Waals surface area contributed by atoms with Crippen molar-refractivity contribution >= 4 is 39.8 Å². The number of methoxy groups -OCH3 is 1. The van der Waals surface area contributed by atoms with Crippen LogP contribution in [0.4, 0.5) is 4.79 Å². The van der Waals surface area contributed by atoms with Gasteiger partial charge in [-0.25, -0.2) is 9.59 Å². The number of rotatable bonds is 4. The fraction of sp³-hybridized carbons (Fsp3) is 0.667. The highest BCUT2D eigenvalue weighted by Crippen LogP contribution is 2.32. The van der Waals surface area contributed by atoms with Crippen LogP contribution in [-0.2, 0) is 14.3 Å². The molecule has 114 valence electrons. The first-order chi connectivity index (χ1) is 9.21. The molecule has 2 atom stereocenters. The second-order valence-electron chi connectivity index (χ2n) is 5.18. The van der Waals surface area contributed by atoms with E-state index in [1.54, 1.807) is 27.0 Å². The molecule has 2 unspecified atom stereocenters. The third-order valence-electron chi connectivity index (χ3n) is 2.26. The van der Waals surface area contributed by atoms with Crippen LogP contribution in [-0.4, -0.2) is 36.2 Å². The molecule has 20 heavy (non-hydrogen) atoms. The van der Waals surface area contributed by atoms with Crippen LogP contribution in [0.2, 0.25) is 0 Å². The number of ether oxygens (including phenoxy) is 2. The maximum atomic E-state index is 11.7. The molecule has 0 aromatic rings. The topological polar surface area (TPSA) is 76.7 Å². The van der Waals surface area contributed by atoms with E-state index in [9.17, 15) is 9.59 Å². The zero-order valence-electron chi connectivity index (χ0n) is 11.9. The number of carbonyl (C=O) groups excluding carboxylic acids is 2. The Labute approximate surface area is 131 Å². The van der Waals surface area contributed by atoms with Gasteiger partial charge in [0.25, 0.3) is 0 Å². The molecule has 0 aromatic heterocycles. The predicted molar refractivity (Wildman–Crippen MR) is 81.3 cm³/mol. The highest BCUT2D eigenvalue weighted by atomic mass is 79.9. The summed E-state index contributed by atoms with van der Waals surface area (Å²) in [5, 5.41) is 5.62. The minimum atomic E-state index is -0.758. The third-order valence-corrected chi connectivity index (χ3v) is 4.01. The fourth-order valence-corrected chi connectivity index (χ4v) is 3.14. The van der Waals surface area contributed by atoms with E-state index in [1.807, 2.05) is 0 Å². The zero-order valence-corrected chi connectivity index (χ0v) is 14.3. The van der Waals surface area contributed by atoms with Gasteiger partial charge in [0.05, 0.1) is 16.3 Å². The predicted octanol–water partition coefficient (Wildman–Crippen LogP) is 2.30. The highest BCUT2D eigenvalue weighted by Gasteiger charge is 2.29. The Kier molecular flexibility index (Phi) is 6.19. The molecule has 0 radical (unpaired) electrons. The molecular formula is C12H19BrN2O4S. The van der Waals surface area contributed by atoms with Crippen molar-refractivity contribution < 1.29 is 19.1 Å². The van der Waals surface area contributed by atoms with Crippen LogP contribution in [0.3, 0.4) is 0 Å². The van der Waals surface area contributed by atoms with E-state index in [2.05, 4.69) is 26.6 Å². The molecule has 0 bridgehead atoms. The van der Waals surface area contributed by atoms with Crippen LogP contribution < -0.4 is 10.6 Å². The lowest BCUT2D eigenvalue weighted by Gasteiger charge is -2.23. The van der Waals surface area contributed by atoms with Gasteiger partial charge in [0, 0.05) is 12.6 Å². The summed E-state index contributed by atoms with van der Waals surface area (Å²) in [5.74, 6) is -0.499. The smallest absolute Gasteiger partial charge is 0.408 e. The summed E-state index contributed by atoms with van der Waals surface area (Å²) in [4.78, 5) is 23.5. The summed E-state index contributed by atoms with van der Waals surface area (Å²) in [6.07, 6.45) is 1.56. The van der Waals surface area contributed by atoms with Crippen molar-refractivity contribution in [2.24, 2.45) is 0 Å². The molecule has 0 aromatic carbocycles. The van der Waals surface area contributed by atoms with Gasteiger partial charge in [0.2, 0.25) is 0 Å². The number of alkyl carbamates (subject to hydrolysis) is 1. The number of amides is 1. The summed E-state index contributed by atoms with van der Waals surface area (Å²) in [6, 6.07) is -0.758. The number of hydrogen-bond donors (Lipinski definition) is 2. The molecule has 0 saturated heterocycles. The van der Waals surface area contributed by atoms with Gasteiger partial charge in [-0.05, 0) is 36.7 Å². The minimum Gasteiger partial charge on any atom is -0.467 e. The lowest BCUT2D eigenvalue weighted by molar-refractivity contribution is -0.143. The quantitative estimate of drug-likeness (QED) is 0.743. The van der Waals surface area contributed by atoms with Gasteiger partial charge in [-0.1, -0.05) is 11.8 Å². The van der Waals surface area contributed by atoms with Crippen molar-refractivity contribution in [3.8, 4) is 0 Å². The minimum absolute atomic E-state index is 0.0107. The first kappa shape index (κ1) is 17.2. The number of hydrogen-bond acceptors (Lipinski definition) is 6. The van der Waals surface area contributed by atoms with E-state index >= 15 is 0 Å². The number of halogens is 1. The lowest BCUT2D eigenvalue weighted by atomic mass is 10.2. The van der Waals surface area contributed by atoms with Crippen LogP contribution in [0.5, 0.6) is 0 Å². The number of thioether (sulfide) groups is 1. The van der Waals surface area contributed by atoms with E-state index in [4.69, 9.17) is 9.47 Å². The Hall–Kier alpha value is -0.890. The van der Waals surface area contributed by atoms with E-state index < -0.39 is 23.7 Å². The largest absolute Gasteiger partial charge is 0.467 e. The molecule has 1 amide bonds. The van der Waals surface area contributed by atoms with Crippen molar-refractivity contribution in [3.05, 3.63) is 10.0 Å². The number of esters is 1. The molecule has 0 saturated carbocycles. The third kappa shape index (κ3) is 6.04. The maximum absolute atomic E-state index is 11.7. The number of nitrogens with one attached hydrogen (secondary N) is 2. The van der Waals surface area contributed by atoms with Gasteiger partial charge < -0.3 is 20.1 Å². The van der Waals surface area contributed by atoms with Gasteiger partial charge in [-0.2, -0.15) is 0 Å². The Balaban J connectivity index is 2.56. The molecule has 1 heterocycles. The maximum Gasteiger partial charge on any atom is 0.408 e. The highest BCUT2D eigenvalue weighted by molar-refractivity contribution is 9.14. The Morgan fingerprint density at radius 2 is 2.20 bits per heavy atom. The fourth-order valence-electron chi connectivity index (χ4n) is 1.50. The lowest BCUT2D eigenvalue weighted by Crippen LogP contribution is -2.46. The van der Waals surface area contributed by atoms with Crippen molar-refractivity contribution in [2.75, 3.05) is 7.11 Å². The standard InChI is InChI=1S/C12H19BrN2O4S/c1-12(2,3)19-11(17)15-7(10(16)18-4)5-9-14-6-8(13)20-9/h6-7,9,14H,5H2,1-4H3,(H,15,17). The van der Waals surface area contributed by atoms with Crippen LogP contribution in [0.1, 0.15) is 27.2 Å². The van der Waals surface area contributed by atoms with Gasteiger partial charge in [-0.15, -0.1) is 0 Å². The molecule has 1 aliphatic rings. The molecule has 0 aliphatic carbocycles. The van der Waals surface area contributed by atoms with Gasteiger partial charge in [0.15, 0.2) is 0 Å². The normalized spacial score (nSPS) is 19.6. The monoisotopic (exact) mass is 366 g/mol. The first-order valence-corrected chi connectivity index (χ1v) is 7.74. The molecule has 8 heteroatoms. The summed E-state index contributed by atoms with van der Waals surface area (Å²) >= 11 is 4.88.